The van der Waals surface area contributed by atoms with Gasteiger partial charge < -0.3 is 10.6 Å². The van der Waals surface area contributed by atoms with E-state index in [4.69, 9.17) is 0 Å². The lowest BCUT2D eigenvalue weighted by atomic mass is 9.77. The number of piperidine rings is 2. The molecule has 0 aromatic heterocycles. The molecule has 3 rings (SSSR count). The maximum absolute atomic E-state index is 3.83. The number of nitrogens with one attached hydrogen (secondary N) is 2. The topological polar surface area (TPSA) is 24.1 Å². The number of allylic oxidation sites excluding steroid dienone is 1. The van der Waals surface area contributed by atoms with E-state index in [0.717, 1.165) is 24.4 Å². The van der Waals surface area contributed by atoms with Crippen LogP contribution in [0, 0.1) is 16.7 Å². The molecule has 19 heavy (non-hydrogen) atoms. The summed E-state index contributed by atoms with van der Waals surface area (Å²) in [7, 11) is 0. The van der Waals surface area contributed by atoms with E-state index in [9.17, 15) is 0 Å². The van der Waals surface area contributed by atoms with Crippen molar-refractivity contribution >= 4 is 0 Å². The molecule has 110 valence electrons. The smallest absolute Gasteiger partial charge is 0.00407 e. The molecule has 0 atom stereocenters. The molecule has 1 aliphatic carbocycles. The normalized spacial score (nSPS) is 28.9. The zero-order valence-corrected chi connectivity index (χ0v) is 12.9. The summed E-state index contributed by atoms with van der Waals surface area (Å²) >= 11 is 0. The van der Waals surface area contributed by atoms with Gasteiger partial charge in [0, 0.05) is 0 Å². The molecule has 3 fully saturated rings. The molecular weight excluding hydrogens is 232 g/mol. The Labute approximate surface area is 119 Å². The number of rotatable bonds is 2. The summed E-state index contributed by atoms with van der Waals surface area (Å²) in [5.41, 5.74) is 1.15. The van der Waals surface area contributed by atoms with Gasteiger partial charge in [0.05, 0.1) is 0 Å². The van der Waals surface area contributed by atoms with Gasteiger partial charge in [-0.3, -0.25) is 0 Å². The van der Waals surface area contributed by atoms with Gasteiger partial charge in [0.25, 0.3) is 0 Å². The van der Waals surface area contributed by atoms with Crippen molar-refractivity contribution < 1.29 is 0 Å². The van der Waals surface area contributed by atoms with Crippen LogP contribution in [0.25, 0.3) is 0 Å². The van der Waals surface area contributed by atoms with E-state index in [2.05, 4.69) is 37.1 Å². The fraction of sp³-hybridized carbons (Fsp3) is 0.882. The van der Waals surface area contributed by atoms with Crippen LogP contribution < -0.4 is 10.6 Å². The largest absolute Gasteiger partial charge is 0.317 e. The van der Waals surface area contributed by atoms with Crippen LogP contribution in [-0.2, 0) is 0 Å². The number of hydrogen-bond acceptors (Lipinski definition) is 2. The molecule has 0 unspecified atom stereocenters. The quantitative estimate of drug-likeness (QED) is 0.747. The highest BCUT2D eigenvalue weighted by atomic mass is 14.9. The van der Waals surface area contributed by atoms with Crippen molar-refractivity contribution in [1.29, 1.82) is 0 Å². The summed E-state index contributed by atoms with van der Waals surface area (Å²) in [6, 6.07) is 0. The third kappa shape index (κ3) is 4.32. The van der Waals surface area contributed by atoms with Crippen molar-refractivity contribution in [3.63, 3.8) is 0 Å². The predicted octanol–water partition coefficient (Wildman–Crippen LogP) is 3.35. The maximum atomic E-state index is 3.83. The zero-order chi connectivity index (χ0) is 13.8. The van der Waals surface area contributed by atoms with Gasteiger partial charge in [-0.05, 0) is 81.5 Å². The molecule has 3 aliphatic rings. The first kappa shape index (κ1) is 15.1. The maximum Gasteiger partial charge on any atom is -0.00407 e. The van der Waals surface area contributed by atoms with Crippen LogP contribution in [0.4, 0.5) is 0 Å². The Balaban J connectivity index is 0.000000141. The lowest BCUT2D eigenvalue weighted by molar-refractivity contribution is 0.192. The molecule has 2 N–H and O–H groups in total. The molecule has 0 spiro atoms. The van der Waals surface area contributed by atoms with Gasteiger partial charge in [0.2, 0.25) is 0 Å². The summed E-state index contributed by atoms with van der Waals surface area (Å²) in [5.74, 6) is 1.09. The Hall–Kier alpha value is -0.340. The van der Waals surface area contributed by atoms with E-state index in [-0.39, 0.29) is 0 Å². The van der Waals surface area contributed by atoms with Gasteiger partial charge in [-0.25, -0.2) is 0 Å². The predicted molar refractivity (Wildman–Crippen MR) is 83.3 cm³/mol. The minimum Gasteiger partial charge on any atom is -0.317 e. The van der Waals surface area contributed by atoms with Crippen molar-refractivity contribution in [3.05, 3.63) is 12.7 Å². The first-order valence-corrected chi connectivity index (χ1v) is 8.13. The van der Waals surface area contributed by atoms with Crippen LogP contribution >= 0.6 is 0 Å². The fourth-order valence-corrected chi connectivity index (χ4v) is 3.39. The van der Waals surface area contributed by atoms with Gasteiger partial charge >= 0.3 is 0 Å². The van der Waals surface area contributed by atoms with Gasteiger partial charge in [-0.2, -0.15) is 0 Å². The lowest BCUT2D eigenvalue weighted by Gasteiger charge is -2.34. The molecule has 0 amide bonds. The standard InChI is InChI=1S/C9H17N.C8H15N/c1-9(8-2-3-8)4-6-10-7-5-9;1-3-8(2)4-6-9-7-5-8/h8,10H,2-7H2,1H3;3,9H,1,4-7H2,2H3. The lowest BCUT2D eigenvalue weighted by Crippen LogP contribution is -2.35. The first-order valence-electron chi connectivity index (χ1n) is 8.13. The Morgan fingerprint density at radius 1 is 0.895 bits per heavy atom. The Kier molecular flexibility index (Phi) is 5.08. The van der Waals surface area contributed by atoms with E-state index in [1.807, 2.05) is 0 Å². The molecular formula is C17H32N2. The third-order valence-corrected chi connectivity index (χ3v) is 5.55. The van der Waals surface area contributed by atoms with Crippen molar-refractivity contribution in [1.82, 2.24) is 10.6 Å². The fourth-order valence-electron chi connectivity index (χ4n) is 3.39. The summed E-state index contributed by atoms with van der Waals surface area (Å²) < 4.78 is 0. The minimum atomic E-state index is 0.422. The van der Waals surface area contributed by atoms with E-state index in [1.54, 1.807) is 0 Å². The molecule has 2 saturated heterocycles. The SMILES string of the molecule is C=CC1(C)CCNCC1.CC1(C2CC2)CCNCC1. The molecule has 2 heteroatoms. The Morgan fingerprint density at radius 2 is 1.37 bits per heavy atom. The summed E-state index contributed by atoms with van der Waals surface area (Å²) in [6.07, 6.45) is 10.4. The van der Waals surface area contributed by atoms with E-state index >= 15 is 0 Å². The molecule has 2 heterocycles. The summed E-state index contributed by atoms with van der Waals surface area (Å²) in [5, 5.41) is 6.75. The highest BCUT2D eigenvalue weighted by Gasteiger charge is 2.41. The summed E-state index contributed by atoms with van der Waals surface area (Å²) in [4.78, 5) is 0. The van der Waals surface area contributed by atoms with Crippen LogP contribution in [0.5, 0.6) is 0 Å². The van der Waals surface area contributed by atoms with Gasteiger partial charge in [-0.15, -0.1) is 6.58 Å². The average Bonchev–Trinajstić information content (AvgIpc) is 3.26. The number of hydrogen-bond donors (Lipinski definition) is 2. The highest BCUT2D eigenvalue weighted by molar-refractivity contribution is 4.94. The molecule has 0 radical (unpaired) electrons. The highest BCUT2D eigenvalue weighted by Crippen LogP contribution is 2.50. The Morgan fingerprint density at radius 3 is 1.74 bits per heavy atom. The molecule has 0 aromatic rings. The van der Waals surface area contributed by atoms with Crippen LogP contribution in [0.15, 0.2) is 12.7 Å². The van der Waals surface area contributed by atoms with Crippen LogP contribution in [0.2, 0.25) is 0 Å². The Bertz CT molecular complexity index is 282. The van der Waals surface area contributed by atoms with Crippen LogP contribution in [-0.4, -0.2) is 26.2 Å². The second-order valence-corrected chi connectivity index (χ2v) is 7.29. The molecule has 0 aromatic carbocycles. The second kappa shape index (κ2) is 6.41. The molecule has 1 saturated carbocycles. The first-order chi connectivity index (χ1) is 9.08. The van der Waals surface area contributed by atoms with E-state index < -0.39 is 0 Å². The van der Waals surface area contributed by atoms with Crippen LogP contribution in [0.3, 0.4) is 0 Å². The van der Waals surface area contributed by atoms with Crippen LogP contribution in [0.1, 0.15) is 52.4 Å². The van der Waals surface area contributed by atoms with E-state index in [1.165, 1.54) is 51.6 Å². The second-order valence-electron chi connectivity index (χ2n) is 7.29. The molecule has 2 nitrogen and oxygen atoms in total. The minimum absolute atomic E-state index is 0.422. The van der Waals surface area contributed by atoms with Crippen molar-refractivity contribution in [2.24, 2.45) is 16.7 Å². The average molecular weight is 264 g/mol. The monoisotopic (exact) mass is 264 g/mol. The van der Waals surface area contributed by atoms with Crippen molar-refractivity contribution in [2.45, 2.75) is 52.4 Å². The van der Waals surface area contributed by atoms with Crippen molar-refractivity contribution in [3.8, 4) is 0 Å². The van der Waals surface area contributed by atoms with Gasteiger partial charge in [0.15, 0.2) is 0 Å². The van der Waals surface area contributed by atoms with Gasteiger partial charge in [0.1, 0.15) is 0 Å². The zero-order valence-electron chi connectivity index (χ0n) is 12.9. The third-order valence-electron chi connectivity index (χ3n) is 5.55. The molecule has 2 aliphatic heterocycles. The summed E-state index contributed by atoms with van der Waals surface area (Å²) in [6.45, 7) is 13.4. The van der Waals surface area contributed by atoms with E-state index in [0.29, 0.717) is 5.41 Å². The molecule has 0 bridgehead atoms. The van der Waals surface area contributed by atoms with Gasteiger partial charge in [-0.1, -0.05) is 19.9 Å². The van der Waals surface area contributed by atoms with Crippen molar-refractivity contribution in [2.75, 3.05) is 26.2 Å².